The molecule has 1 aliphatic heterocycles. The van der Waals surface area contributed by atoms with Crippen molar-refractivity contribution in [1.29, 1.82) is 0 Å². The number of nitrogens with one attached hydrogen (secondary N) is 2. The number of halogens is 1. The molecule has 2 heterocycles. The summed E-state index contributed by atoms with van der Waals surface area (Å²) < 4.78 is 5.77. The third kappa shape index (κ3) is 5.08. The summed E-state index contributed by atoms with van der Waals surface area (Å²) in [6.07, 6.45) is 2.15. The van der Waals surface area contributed by atoms with E-state index in [2.05, 4.69) is 53.3 Å². The van der Waals surface area contributed by atoms with Gasteiger partial charge < -0.3 is 15.0 Å². The topological polar surface area (TPSA) is 57.4 Å². The molecular weight excluding hydrogens is 338 g/mol. The molecule has 0 aliphatic carbocycles. The number of carbonyl (C=O) groups excluding carboxylic acids is 1. The fourth-order valence-electron chi connectivity index (χ4n) is 3.21. The third-order valence-electron chi connectivity index (χ3n) is 4.27. The fourth-order valence-corrected chi connectivity index (χ4v) is 3.37. The van der Waals surface area contributed by atoms with Gasteiger partial charge in [0.1, 0.15) is 5.69 Å². The first kappa shape index (κ1) is 18.0. The molecule has 1 aromatic carbocycles. The summed E-state index contributed by atoms with van der Waals surface area (Å²) in [5.41, 5.74) is 2.81. The number of rotatable bonds is 5. The summed E-state index contributed by atoms with van der Waals surface area (Å²) in [5.74, 6) is -0.160. The zero-order chi connectivity index (χ0) is 17.8. The Hall–Kier alpha value is -1.82. The van der Waals surface area contributed by atoms with E-state index in [1.54, 1.807) is 12.3 Å². The van der Waals surface area contributed by atoms with Crippen LogP contribution in [-0.2, 0) is 17.8 Å². The molecule has 0 spiro atoms. The van der Waals surface area contributed by atoms with E-state index in [0.29, 0.717) is 17.3 Å². The van der Waals surface area contributed by atoms with Crippen LogP contribution in [0.4, 0.5) is 0 Å². The largest absolute Gasteiger partial charge is 0.373 e. The standard InChI is InChI=1S/C19H24ClN3O2/c1-13-10-23(11-14(2)25-13)12-16-5-3-15(4-6-16)8-22-19(24)18-7-17(20)9-21-18/h3-7,9,13-14,21H,8,10-12H2,1-2H3,(H,22,24)/t13-,14-/m1/s1. The highest BCUT2D eigenvalue weighted by molar-refractivity contribution is 6.30. The van der Waals surface area contributed by atoms with Crippen LogP contribution in [0, 0.1) is 0 Å². The number of ether oxygens (including phenoxy) is 1. The van der Waals surface area contributed by atoms with Crippen LogP contribution in [-0.4, -0.2) is 41.1 Å². The summed E-state index contributed by atoms with van der Waals surface area (Å²) in [6.45, 7) is 7.56. The zero-order valence-corrected chi connectivity index (χ0v) is 15.3. The molecule has 6 heteroatoms. The molecule has 0 radical (unpaired) electrons. The average Bonchev–Trinajstić information content (AvgIpc) is 2.99. The summed E-state index contributed by atoms with van der Waals surface area (Å²) in [4.78, 5) is 17.3. The maximum atomic E-state index is 12.0. The molecule has 5 nitrogen and oxygen atoms in total. The number of hydrogen-bond acceptors (Lipinski definition) is 3. The maximum Gasteiger partial charge on any atom is 0.268 e. The van der Waals surface area contributed by atoms with Gasteiger partial charge in [0.05, 0.1) is 17.2 Å². The van der Waals surface area contributed by atoms with E-state index >= 15 is 0 Å². The predicted octanol–water partition coefficient (Wildman–Crippen LogP) is 3.21. The van der Waals surface area contributed by atoms with Crippen molar-refractivity contribution in [3.63, 3.8) is 0 Å². The Labute approximate surface area is 153 Å². The number of amides is 1. The zero-order valence-electron chi connectivity index (χ0n) is 14.6. The second-order valence-electron chi connectivity index (χ2n) is 6.68. The van der Waals surface area contributed by atoms with Gasteiger partial charge in [0.2, 0.25) is 0 Å². The lowest BCUT2D eigenvalue weighted by Crippen LogP contribution is -2.44. The van der Waals surface area contributed by atoms with Gasteiger partial charge in [-0.25, -0.2) is 0 Å². The van der Waals surface area contributed by atoms with Crippen molar-refractivity contribution in [2.75, 3.05) is 13.1 Å². The van der Waals surface area contributed by atoms with Crippen LogP contribution in [0.2, 0.25) is 5.02 Å². The molecule has 2 atom stereocenters. The first-order chi connectivity index (χ1) is 12.0. The Morgan fingerprint density at radius 1 is 1.24 bits per heavy atom. The van der Waals surface area contributed by atoms with E-state index in [1.807, 2.05) is 0 Å². The van der Waals surface area contributed by atoms with Crippen LogP contribution in [0.3, 0.4) is 0 Å². The van der Waals surface area contributed by atoms with Crippen molar-refractivity contribution in [3.05, 3.63) is 58.4 Å². The molecule has 1 aromatic heterocycles. The van der Waals surface area contributed by atoms with Crippen LogP contribution in [0.15, 0.2) is 36.5 Å². The molecule has 1 aliphatic rings. The fraction of sp³-hybridized carbons (Fsp3) is 0.421. The number of morpholine rings is 1. The van der Waals surface area contributed by atoms with Crippen LogP contribution >= 0.6 is 11.6 Å². The number of H-pyrrole nitrogens is 1. The Kier molecular flexibility index (Phi) is 5.78. The van der Waals surface area contributed by atoms with Crippen molar-refractivity contribution in [2.24, 2.45) is 0 Å². The lowest BCUT2D eigenvalue weighted by atomic mass is 10.1. The van der Waals surface area contributed by atoms with Gasteiger partial charge in [-0.2, -0.15) is 0 Å². The molecule has 2 N–H and O–H groups in total. The minimum atomic E-state index is -0.160. The van der Waals surface area contributed by atoms with Crippen molar-refractivity contribution < 1.29 is 9.53 Å². The number of nitrogens with zero attached hydrogens (tertiary/aromatic N) is 1. The first-order valence-corrected chi connectivity index (χ1v) is 8.95. The van der Waals surface area contributed by atoms with Crippen LogP contribution in [0.1, 0.15) is 35.5 Å². The minimum absolute atomic E-state index is 0.160. The van der Waals surface area contributed by atoms with Gasteiger partial charge >= 0.3 is 0 Å². The van der Waals surface area contributed by atoms with Crippen LogP contribution < -0.4 is 5.32 Å². The van der Waals surface area contributed by atoms with E-state index in [1.165, 1.54) is 5.56 Å². The van der Waals surface area contributed by atoms with Gasteiger partial charge in [0, 0.05) is 32.4 Å². The van der Waals surface area contributed by atoms with Crippen molar-refractivity contribution in [1.82, 2.24) is 15.2 Å². The van der Waals surface area contributed by atoms with E-state index < -0.39 is 0 Å². The van der Waals surface area contributed by atoms with E-state index in [9.17, 15) is 4.79 Å². The highest BCUT2D eigenvalue weighted by Crippen LogP contribution is 2.15. The molecule has 25 heavy (non-hydrogen) atoms. The summed E-state index contributed by atoms with van der Waals surface area (Å²) in [5, 5.41) is 3.41. The van der Waals surface area contributed by atoms with Gasteiger partial charge in [0.15, 0.2) is 0 Å². The number of carbonyl (C=O) groups is 1. The molecule has 0 unspecified atom stereocenters. The van der Waals surface area contributed by atoms with E-state index in [4.69, 9.17) is 16.3 Å². The molecule has 1 fully saturated rings. The Balaban J connectivity index is 1.51. The van der Waals surface area contributed by atoms with Gasteiger partial charge in [-0.15, -0.1) is 0 Å². The van der Waals surface area contributed by atoms with Crippen molar-refractivity contribution in [3.8, 4) is 0 Å². The second kappa shape index (κ2) is 8.04. The van der Waals surface area contributed by atoms with Gasteiger partial charge in [-0.1, -0.05) is 35.9 Å². The molecule has 0 bridgehead atoms. The van der Waals surface area contributed by atoms with Crippen LogP contribution in [0.25, 0.3) is 0 Å². The number of aromatic amines is 1. The van der Waals surface area contributed by atoms with E-state index in [-0.39, 0.29) is 18.1 Å². The lowest BCUT2D eigenvalue weighted by Gasteiger charge is -2.35. The SMILES string of the molecule is C[C@@H]1CN(Cc2ccc(CNC(=O)c3cc(Cl)c[nH]3)cc2)C[C@@H](C)O1. The molecule has 1 amide bonds. The van der Waals surface area contributed by atoms with Gasteiger partial charge in [-0.3, -0.25) is 9.69 Å². The minimum Gasteiger partial charge on any atom is -0.373 e. The summed E-state index contributed by atoms with van der Waals surface area (Å²) in [7, 11) is 0. The van der Waals surface area contributed by atoms with E-state index in [0.717, 1.165) is 25.2 Å². The molecule has 1 saturated heterocycles. The smallest absolute Gasteiger partial charge is 0.268 e. The Bertz CT molecular complexity index is 704. The van der Waals surface area contributed by atoms with Crippen LogP contribution in [0.5, 0.6) is 0 Å². The molecule has 2 aromatic rings. The second-order valence-corrected chi connectivity index (χ2v) is 7.12. The van der Waals surface area contributed by atoms with Crippen molar-refractivity contribution >= 4 is 17.5 Å². The predicted molar refractivity (Wildman–Crippen MR) is 98.7 cm³/mol. The first-order valence-electron chi connectivity index (χ1n) is 8.57. The lowest BCUT2D eigenvalue weighted by molar-refractivity contribution is -0.0704. The van der Waals surface area contributed by atoms with Gasteiger partial charge in [0.25, 0.3) is 5.91 Å². The van der Waals surface area contributed by atoms with Gasteiger partial charge in [-0.05, 0) is 31.0 Å². The quantitative estimate of drug-likeness (QED) is 0.859. The molecule has 3 rings (SSSR count). The average molecular weight is 362 g/mol. The van der Waals surface area contributed by atoms with Crippen molar-refractivity contribution in [2.45, 2.75) is 39.1 Å². The molecular formula is C19H24ClN3O2. The Morgan fingerprint density at radius 3 is 2.48 bits per heavy atom. The maximum absolute atomic E-state index is 12.0. The highest BCUT2D eigenvalue weighted by atomic mass is 35.5. The Morgan fingerprint density at radius 2 is 1.88 bits per heavy atom. The number of aromatic nitrogens is 1. The molecule has 0 saturated carbocycles. The summed E-state index contributed by atoms with van der Waals surface area (Å²) >= 11 is 5.81. The highest BCUT2D eigenvalue weighted by Gasteiger charge is 2.21. The third-order valence-corrected chi connectivity index (χ3v) is 4.49. The number of hydrogen-bond donors (Lipinski definition) is 2. The summed E-state index contributed by atoms with van der Waals surface area (Å²) in [6, 6.07) is 9.98. The molecule has 134 valence electrons. The number of benzene rings is 1. The normalized spacial score (nSPS) is 21.2. The monoisotopic (exact) mass is 361 g/mol.